The van der Waals surface area contributed by atoms with Crippen LogP contribution in [0.3, 0.4) is 0 Å². The number of amides is 1. The highest BCUT2D eigenvalue weighted by Crippen LogP contribution is 2.30. The molecule has 4 rings (SSSR count). The monoisotopic (exact) mass is 338 g/mol. The Morgan fingerprint density at radius 3 is 2.92 bits per heavy atom. The fourth-order valence-electron chi connectivity index (χ4n) is 3.04. The number of aromatic nitrogens is 2. The van der Waals surface area contributed by atoms with Gasteiger partial charge in [-0.15, -0.1) is 11.3 Å². The van der Waals surface area contributed by atoms with Crippen LogP contribution in [-0.4, -0.2) is 28.5 Å². The number of carbonyl (C=O) groups excluding carboxylic acids is 1. The molecule has 1 saturated heterocycles. The third kappa shape index (κ3) is 2.63. The number of nitrogens with zero attached hydrogens (tertiary/aromatic N) is 3. The molecule has 122 valence electrons. The van der Waals surface area contributed by atoms with E-state index in [1.807, 2.05) is 35.2 Å². The SMILES string of the molecule is CCc1cc2c(NC3CCN(c4ccccc4)C3=O)ncnc2s1. The Morgan fingerprint density at radius 2 is 2.12 bits per heavy atom. The summed E-state index contributed by atoms with van der Waals surface area (Å²) in [5, 5.41) is 4.34. The zero-order valence-corrected chi connectivity index (χ0v) is 14.2. The molecule has 3 heterocycles. The quantitative estimate of drug-likeness (QED) is 0.791. The molecule has 1 fully saturated rings. The Kier molecular flexibility index (Phi) is 3.90. The topological polar surface area (TPSA) is 58.1 Å². The van der Waals surface area contributed by atoms with Crippen LogP contribution in [0.1, 0.15) is 18.2 Å². The molecule has 0 bridgehead atoms. The number of fused-ring (bicyclic) bond motifs is 1. The van der Waals surface area contributed by atoms with E-state index in [0.29, 0.717) is 0 Å². The minimum Gasteiger partial charge on any atom is -0.358 e. The molecule has 1 aliphatic heterocycles. The normalized spacial score (nSPS) is 17.6. The van der Waals surface area contributed by atoms with Crippen LogP contribution in [0.15, 0.2) is 42.7 Å². The zero-order valence-electron chi connectivity index (χ0n) is 13.4. The summed E-state index contributed by atoms with van der Waals surface area (Å²) in [6, 6.07) is 11.7. The minimum atomic E-state index is -0.242. The Hall–Kier alpha value is -2.47. The third-order valence-electron chi connectivity index (χ3n) is 4.31. The molecule has 1 aromatic carbocycles. The Balaban J connectivity index is 1.58. The van der Waals surface area contributed by atoms with Crippen molar-refractivity contribution in [1.82, 2.24) is 9.97 Å². The van der Waals surface area contributed by atoms with Crippen LogP contribution in [0.25, 0.3) is 10.2 Å². The van der Waals surface area contributed by atoms with Crippen LogP contribution >= 0.6 is 11.3 Å². The maximum atomic E-state index is 12.7. The largest absolute Gasteiger partial charge is 0.358 e. The van der Waals surface area contributed by atoms with Gasteiger partial charge in [0.2, 0.25) is 5.91 Å². The van der Waals surface area contributed by atoms with Gasteiger partial charge in [-0.25, -0.2) is 9.97 Å². The lowest BCUT2D eigenvalue weighted by Crippen LogP contribution is -2.33. The number of hydrogen-bond acceptors (Lipinski definition) is 5. The number of para-hydroxylation sites is 1. The average Bonchev–Trinajstić information content (AvgIpc) is 3.20. The lowest BCUT2D eigenvalue weighted by Gasteiger charge is -2.17. The molecular formula is C18H18N4OS. The molecule has 0 radical (unpaired) electrons. The molecule has 1 amide bonds. The van der Waals surface area contributed by atoms with E-state index in [2.05, 4.69) is 28.3 Å². The van der Waals surface area contributed by atoms with Gasteiger partial charge in [0, 0.05) is 17.1 Å². The summed E-state index contributed by atoms with van der Waals surface area (Å²) in [6.45, 7) is 2.85. The van der Waals surface area contributed by atoms with Crippen molar-refractivity contribution in [3.8, 4) is 0 Å². The lowest BCUT2D eigenvalue weighted by atomic mass is 10.2. The second kappa shape index (κ2) is 6.20. The van der Waals surface area contributed by atoms with E-state index in [4.69, 9.17) is 0 Å². The van der Waals surface area contributed by atoms with E-state index in [9.17, 15) is 4.79 Å². The Labute approximate surface area is 144 Å². The summed E-state index contributed by atoms with van der Waals surface area (Å²) in [4.78, 5) is 25.5. The highest BCUT2D eigenvalue weighted by Gasteiger charge is 2.33. The second-order valence-corrected chi connectivity index (χ2v) is 6.93. The molecular weight excluding hydrogens is 320 g/mol. The van der Waals surface area contributed by atoms with Crippen molar-refractivity contribution in [2.75, 3.05) is 16.8 Å². The van der Waals surface area contributed by atoms with E-state index in [-0.39, 0.29) is 11.9 Å². The summed E-state index contributed by atoms with van der Waals surface area (Å²) in [5.41, 5.74) is 0.948. The Bertz CT molecular complexity index is 877. The van der Waals surface area contributed by atoms with Crippen LogP contribution in [0, 0.1) is 0 Å². The summed E-state index contributed by atoms with van der Waals surface area (Å²) < 4.78 is 0. The maximum Gasteiger partial charge on any atom is 0.249 e. The number of hydrogen-bond donors (Lipinski definition) is 1. The number of rotatable bonds is 4. The van der Waals surface area contributed by atoms with Crippen molar-refractivity contribution in [1.29, 1.82) is 0 Å². The Morgan fingerprint density at radius 1 is 1.29 bits per heavy atom. The molecule has 0 spiro atoms. The number of benzene rings is 1. The summed E-state index contributed by atoms with van der Waals surface area (Å²) >= 11 is 1.68. The van der Waals surface area contributed by atoms with Crippen molar-refractivity contribution in [3.63, 3.8) is 0 Å². The number of thiophene rings is 1. The predicted octanol–water partition coefficient (Wildman–Crippen LogP) is 3.47. The van der Waals surface area contributed by atoms with Gasteiger partial charge in [0.05, 0.1) is 5.39 Å². The first-order valence-electron chi connectivity index (χ1n) is 8.12. The molecule has 2 aromatic heterocycles. The third-order valence-corrected chi connectivity index (χ3v) is 5.50. The number of anilines is 2. The van der Waals surface area contributed by atoms with Crippen molar-refractivity contribution >= 4 is 39.0 Å². The second-order valence-electron chi connectivity index (χ2n) is 5.82. The number of aryl methyl sites for hydroxylation is 1. The molecule has 3 aromatic rings. The fraction of sp³-hybridized carbons (Fsp3) is 0.278. The van der Waals surface area contributed by atoms with Crippen LogP contribution in [0.2, 0.25) is 0 Å². The molecule has 6 heteroatoms. The van der Waals surface area contributed by atoms with Crippen molar-refractivity contribution in [3.05, 3.63) is 47.6 Å². The minimum absolute atomic E-state index is 0.0962. The molecule has 1 atom stereocenters. The summed E-state index contributed by atoms with van der Waals surface area (Å²) in [7, 11) is 0. The summed E-state index contributed by atoms with van der Waals surface area (Å²) in [5.74, 6) is 0.850. The first kappa shape index (κ1) is 15.1. The summed E-state index contributed by atoms with van der Waals surface area (Å²) in [6.07, 6.45) is 3.31. The van der Waals surface area contributed by atoms with Gasteiger partial charge in [0.15, 0.2) is 0 Å². The highest BCUT2D eigenvalue weighted by molar-refractivity contribution is 7.18. The molecule has 1 unspecified atom stereocenters. The van der Waals surface area contributed by atoms with E-state index < -0.39 is 0 Å². The van der Waals surface area contributed by atoms with Gasteiger partial charge in [-0.2, -0.15) is 0 Å². The smallest absolute Gasteiger partial charge is 0.249 e. The van der Waals surface area contributed by atoms with Gasteiger partial charge in [-0.05, 0) is 31.0 Å². The highest BCUT2D eigenvalue weighted by atomic mass is 32.1. The van der Waals surface area contributed by atoms with Gasteiger partial charge in [-0.3, -0.25) is 4.79 Å². The van der Waals surface area contributed by atoms with E-state index in [0.717, 1.165) is 41.1 Å². The molecule has 1 aliphatic rings. The standard InChI is InChI=1S/C18H18N4OS/c1-2-13-10-14-16(19-11-20-17(14)24-13)21-15-8-9-22(18(15)23)12-6-4-3-5-7-12/h3-7,10-11,15H,2,8-9H2,1H3,(H,19,20,21). The van der Waals surface area contributed by atoms with Gasteiger partial charge in [-0.1, -0.05) is 25.1 Å². The van der Waals surface area contributed by atoms with Crippen LogP contribution < -0.4 is 10.2 Å². The predicted molar refractivity (Wildman–Crippen MR) is 97.6 cm³/mol. The van der Waals surface area contributed by atoms with Gasteiger partial charge in [0.25, 0.3) is 0 Å². The van der Waals surface area contributed by atoms with Crippen LogP contribution in [-0.2, 0) is 11.2 Å². The van der Waals surface area contributed by atoms with E-state index in [1.54, 1.807) is 17.7 Å². The zero-order chi connectivity index (χ0) is 16.5. The van der Waals surface area contributed by atoms with Crippen molar-refractivity contribution < 1.29 is 4.79 Å². The molecule has 0 aliphatic carbocycles. The van der Waals surface area contributed by atoms with E-state index in [1.165, 1.54) is 4.88 Å². The number of nitrogens with one attached hydrogen (secondary N) is 1. The first-order chi connectivity index (χ1) is 11.8. The van der Waals surface area contributed by atoms with Crippen molar-refractivity contribution in [2.45, 2.75) is 25.8 Å². The molecule has 0 saturated carbocycles. The van der Waals surface area contributed by atoms with E-state index >= 15 is 0 Å². The molecule has 24 heavy (non-hydrogen) atoms. The van der Waals surface area contributed by atoms with Gasteiger partial charge in [0.1, 0.15) is 23.0 Å². The molecule has 5 nitrogen and oxygen atoms in total. The fourth-order valence-corrected chi connectivity index (χ4v) is 3.97. The van der Waals surface area contributed by atoms with Crippen LogP contribution in [0.4, 0.5) is 11.5 Å². The first-order valence-corrected chi connectivity index (χ1v) is 8.94. The number of carbonyl (C=O) groups is 1. The van der Waals surface area contributed by atoms with Crippen LogP contribution in [0.5, 0.6) is 0 Å². The average molecular weight is 338 g/mol. The van der Waals surface area contributed by atoms with Gasteiger partial charge < -0.3 is 10.2 Å². The maximum absolute atomic E-state index is 12.7. The lowest BCUT2D eigenvalue weighted by molar-refractivity contribution is -0.117. The van der Waals surface area contributed by atoms with Gasteiger partial charge >= 0.3 is 0 Å². The molecule has 1 N–H and O–H groups in total. The van der Waals surface area contributed by atoms with Crippen molar-refractivity contribution in [2.24, 2.45) is 0 Å².